The number of aromatic hydroxyl groups is 1. The van der Waals surface area contributed by atoms with Gasteiger partial charge in [0.05, 0.1) is 11.6 Å². The van der Waals surface area contributed by atoms with Crippen LogP contribution in [0.1, 0.15) is 15.9 Å². The predicted molar refractivity (Wildman–Crippen MR) is 46.0 cm³/mol. The van der Waals surface area contributed by atoms with E-state index in [2.05, 4.69) is 0 Å². The van der Waals surface area contributed by atoms with Gasteiger partial charge in [0.2, 0.25) is 0 Å². The van der Waals surface area contributed by atoms with Crippen molar-refractivity contribution in [2.24, 2.45) is 0 Å². The molecule has 0 atom stereocenters. The fourth-order valence-corrected chi connectivity index (χ4v) is 1.13. The molecule has 0 amide bonds. The van der Waals surface area contributed by atoms with Crippen molar-refractivity contribution in [1.82, 2.24) is 0 Å². The summed E-state index contributed by atoms with van der Waals surface area (Å²) in [5.41, 5.74) is 0.0198. The number of carboxylic acids is 1. The summed E-state index contributed by atoms with van der Waals surface area (Å²) >= 11 is 5.57. The van der Waals surface area contributed by atoms with Gasteiger partial charge in [0, 0.05) is 0 Å². The third kappa shape index (κ3) is 1.74. The van der Waals surface area contributed by atoms with Gasteiger partial charge in [0.25, 0.3) is 0 Å². The van der Waals surface area contributed by atoms with Gasteiger partial charge in [-0.1, -0.05) is 17.7 Å². The van der Waals surface area contributed by atoms with E-state index in [4.69, 9.17) is 21.8 Å². The highest BCUT2D eigenvalue weighted by molar-refractivity contribution is 6.33. The Labute approximate surface area is 79.0 Å². The first kappa shape index (κ1) is 9.83. The second-order valence-corrected chi connectivity index (χ2v) is 2.78. The van der Waals surface area contributed by atoms with Crippen LogP contribution in [0.3, 0.4) is 0 Å². The molecule has 1 aromatic carbocycles. The molecule has 0 spiro atoms. The van der Waals surface area contributed by atoms with Crippen LogP contribution in [0, 0.1) is 0 Å². The first-order chi connectivity index (χ1) is 6.07. The van der Waals surface area contributed by atoms with Gasteiger partial charge in [-0.3, -0.25) is 0 Å². The van der Waals surface area contributed by atoms with Crippen molar-refractivity contribution in [3.05, 3.63) is 28.3 Å². The van der Waals surface area contributed by atoms with E-state index in [1.807, 2.05) is 0 Å². The third-order valence-corrected chi connectivity index (χ3v) is 2.02. The molecule has 13 heavy (non-hydrogen) atoms. The lowest BCUT2D eigenvalue weighted by molar-refractivity contribution is 0.0693. The molecule has 0 saturated heterocycles. The molecule has 0 aliphatic carbocycles. The molecule has 3 N–H and O–H groups in total. The molecule has 5 heteroatoms. The molecule has 0 heterocycles. The Kier molecular flexibility index (Phi) is 2.75. The Balaban J connectivity index is 3.31. The lowest BCUT2D eigenvalue weighted by Gasteiger charge is -2.05. The molecule has 70 valence electrons. The number of phenols is 1. The van der Waals surface area contributed by atoms with E-state index in [0.717, 1.165) is 0 Å². The van der Waals surface area contributed by atoms with Gasteiger partial charge < -0.3 is 15.3 Å². The third-order valence-electron chi connectivity index (χ3n) is 1.60. The minimum atomic E-state index is -1.26. The maximum Gasteiger partial charge on any atom is 0.339 e. The van der Waals surface area contributed by atoms with Crippen molar-refractivity contribution in [2.75, 3.05) is 0 Å². The highest BCUT2D eigenvalue weighted by Crippen LogP contribution is 2.30. The molecular formula is C8H7ClO4. The number of carbonyl (C=O) groups is 1. The molecule has 0 bridgehead atoms. The molecule has 0 fully saturated rings. The maximum absolute atomic E-state index is 10.5. The topological polar surface area (TPSA) is 77.8 Å². The van der Waals surface area contributed by atoms with Gasteiger partial charge in [0.1, 0.15) is 11.3 Å². The summed E-state index contributed by atoms with van der Waals surface area (Å²) in [6.07, 6.45) is 0. The van der Waals surface area contributed by atoms with Gasteiger partial charge in [-0.15, -0.1) is 0 Å². The summed E-state index contributed by atoms with van der Waals surface area (Å²) in [4.78, 5) is 10.5. The van der Waals surface area contributed by atoms with Crippen molar-refractivity contribution in [3.8, 4) is 5.75 Å². The largest absolute Gasteiger partial charge is 0.505 e. The molecule has 0 aliphatic rings. The Morgan fingerprint density at radius 2 is 2.08 bits per heavy atom. The molecule has 0 aliphatic heterocycles. The minimum absolute atomic E-state index is 0.123. The molecule has 0 unspecified atom stereocenters. The van der Waals surface area contributed by atoms with Gasteiger partial charge in [-0.05, 0) is 11.6 Å². The van der Waals surface area contributed by atoms with E-state index in [-0.39, 0.29) is 17.2 Å². The van der Waals surface area contributed by atoms with Gasteiger partial charge in [-0.2, -0.15) is 0 Å². The number of hydrogen-bond donors (Lipinski definition) is 3. The van der Waals surface area contributed by atoms with Crippen LogP contribution in [0.15, 0.2) is 12.1 Å². The Morgan fingerprint density at radius 3 is 2.54 bits per heavy atom. The summed E-state index contributed by atoms with van der Waals surface area (Å²) in [6.45, 7) is -0.341. The van der Waals surface area contributed by atoms with Crippen molar-refractivity contribution in [1.29, 1.82) is 0 Å². The predicted octanol–water partition coefficient (Wildman–Crippen LogP) is 1.24. The normalized spacial score (nSPS) is 10.0. The van der Waals surface area contributed by atoms with Crippen molar-refractivity contribution in [2.45, 2.75) is 6.61 Å². The number of carboxylic acid groups (broad SMARTS) is 1. The van der Waals surface area contributed by atoms with Crippen molar-refractivity contribution < 1.29 is 20.1 Å². The molecule has 1 aromatic rings. The number of aromatic carboxylic acids is 1. The van der Waals surface area contributed by atoms with Crippen LogP contribution in [0.2, 0.25) is 5.02 Å². The number of aliphatic hydroxyl groups is 1. The lowest BCUT2D eigenvalue weighted by Crippen LogP contribution is -1.98. The molecular weight excluding hydrogens is 196 g/mol. The number of halogens is 1. The number of hydrogen-bond acceptors (Lipinski definition) is 3. The summed E-state index contributed by atoms with van der Waals surface area (Å²) in [6, 6.07) is 2.54. The smallest absolute Gasteiger partial charge is 0.339 e. The van der Waals surface area contributed by atoms with Gasteiger partial charge in [-0.25, -0.2) is 4.79 Å². The van der Waals surface area contributed by atoms with Gasteiger partial charge in [0.15, 0.2) is 0 Å². The van der Waals surface area contributed by atoms with Crippen LogP contribution >= 0.6 is 11.6 Å². The SMILES string of the molecule is O=C(O)c1ccc(CO)c(Cl)c1O. The fourth-order valence-electron chi connectivity index (χ4n) is 0.901. The Bertz CT molecular complexity index is 348. The second kappa shape index (κ2) is 3.64. The molecule has 0 saturated carbocycles. The standard InChI is InChI=1S/C8H7ClO4/c9-6-4(3-10)1-2-5(7(6)11)8(12)13/h1-2,10-11H,3H2,(H,12,13). The summed E-state index contributed by atoms with van der Waals surface area (Å²) in [5, 5.41) is 26.4. The first-order valence-corrected chi connectivity index (χ1v) is 3.80. The number of rotatable bonds is 2. The monoisotopic (exact) mass is 202 g/mol. The van der Waals surface area contributed by atoms with Crippen LogP contribution in [0.5, 0.6) is 5.75 Å². The fraction of sp³-hybridized carbons (Fsp3) is 0.125. The van der Waals surface area contributed by atoms with E-state index >= 15 is 0 Å². The highest BCUT2D eigenvalue weighted by atomic mass is 35.5. The van der Waals surface area contributed by atoms with Crippen molar-refractivity contribution in [3.63, 3.8) is 0 Å². The van der Waals surface area contributed by atoms with Gasteiger partial charge >= 0.3 is 5.97 Å². The zero-order chi connectivity index (χ0) is 10.0. The average Bonchev–Trinajstić information content (AvgIpc) is 2.09. The Hall–Kier alpha value is -1.26. The highest BCUT2D eigenvalue weighted by Gasteiger charge is 2.14. The molecule has 0 radical (unpaired) electrons. The Morgan fingerprint density at radius 1 is 1.46 bits per heavy atom. The maximum atomic E-state index is 10.5. The molecule has 1 rings (SSSR count). The zero-order valence-corrected chi connectivity index (χ0v) is 7.25. The first-order valence-electron chi connectivity index (χ1n) is 3.42. The average molecular weight is 203 g/mol. The lowest BCUT2D eigenvalue weighted by atomic mass is 10.1. The van der Waals surface area contributed by atoms with Crippen LogP contribution in [-0.2, 0) is 6.61 Å². The molecule has 0 aromatic heterocycles. The van der Waals surface area contributed by atoms with E-state index in [9.17, 15) is 9.90 Å². The summed E-state index contributed by atoms with van der Waals surface area (Å²) in [7, 11) is 0. The van der Waals surface area contributed by atoms with Crippen LogP contribution < -0.4 is 0 Å². The van der Waals surface area contributed by atoms with Crippen LogP contribution in [-0.4, -0.2) is 21.3 Å². The molecule has 4 nitrogen and oxygen atoms in total. The summed E-state index contributed by atoms with van der Waals surface area (Å²) < 4.78 is 0. The van der Waals surface area contributed by atoms with Crippen molar-refractivity contribution >= 4 is 17.6 Å². The zero-order valence-electron chi connectivity index (χ0n) is 6.49. The van der Waals surface area contributed by atoms with E-state index in [0.29, 0.717) is 5.56 Å². The quantitative estimate of drug-likeness (QED) is 0.674. The van der Waals surface area contributed by atoms with E-state index in [1.165, 1.54) is 12.1 Å². The number of benzene rings is 1. The minimum Gasteiger partial charge on any atom is -0.505 e. The van der Waals surface area contributed by atoms with E-state index in [1.54, 1.807) is 0 Å². The van der Waals surface area contributed by atoms with E-state index < -0.39 is 11.7 Å². The van der Waals surface area contributed by atoms with Crippen LogP contribution in [0.4, 0.5) is 0 Å². The summed E-state index contributed by atoms with van der Waals surface area (Å²) in [5.74, 6) is -1.77. The number of aliphatic hydroxyl groups excluding tert-OH is 1. The second-order valence-electron chi connectivity index (χ2n) is 2.40. The van der Waals surface area contributed by atoms with Crippen LogP contribution in [0.25, 0.3) is 0 Å².